The summed E-state index contributed by atoms with van der Waals surface area (Å²) in [7, 11) is 0. The molecule has 0 aliphatic carbocycles. The van der Waals surface area contributed by atoms with Gasteiger partial charge in [0.15, 0.2) is 0 Å². The molecule has 0 unspecified atom stereocenters. The summed E-state index contributed by atoms with van der Waals surface area (Å²) >= 11 is 4.59. The van der Waals surface area contributed by atoms with Crippen LogP contribution in [0.4, 0.5) is 0 Å². The van der Waals surface area contributed by atoms with Crippen molar-refractivity contribution in [3.05, 3.63) is 0 Å². The van der Waals surface area contributed by atoms with Crippen LogP contribution in [0.25, 0.3) is 0 Å². The number of hydrogen-bond acceptors (Lipinski definition) is 1. The van der Waals surface area contributed by atoms with Gasteiger partial charge in [-0.3, -0.25) is 0 Å². The minimum atomic E-state index is 0.395. The van der Waals surface area contributed by atoms with E-state index in [0.29, 0.717) is 10.7 Å². The lowest BCUT2D eigenvalue weighted by Gasteiger charge is -2.32. The summed E-state index contributed by atoms with van der Waals surface area (Å²) in [5.41, 5.74) is 0.395. The van der Waals surface area contributed by atoms with Crippen LogP contribution in [-0.4, -0.2) is 5.25 Å². The maximum Gasteiger partial charge on any atom is 0.00654 e. The average Bonchev–Trinajstić information content (AvgIpc) is 1.83. The Labute approximate surface area is 77.2 Å². The van der Waals surface area contributed by atoms with Crippen LogP contribution >= 0.6 is 12.6 Å². The van der Waals surface area contributed by atoms with Crippen LogP contribution in [-0.2, 0) is 0 Å². The predicted octanol–water partition coefficient (Wildman–Crippen LogP) is 3.77. The molecule has 0 aromatic carbocycles. The van der Waals surface area contributed by atoms with Gasteiger partial charge in [-0.1, -0.05) is 34.6 Å². The summed E-state index contributed by atoms with van der Waals surface area (Å²) in [4.78, 5) is 0. The van der Waals surface area contributed by atoms with Crippen molar-refractivity contribution in [3.8, 4) is 0 Å². The van der Waals surface area contributed by atoms with E-state index in [0.717, 1.165) is 5.92 Å². The monoisotopic (exact) mass is 174 g/mol. The molecule has 0 heterocycles. The molecule has 0 fully saturated rings. The van der Waals surface area contributed by atoms with Crippen LogP contribution < -0.4 is 0 Å². The maximum absolute atomic E-state index is 4.59. The van der Waals surface area contributed by atoms with Crippen LogP contribution in [0.2, 0.25) is 0 Å². The van der Waals surface area contributed by atoms with Crippen LogP contribution in [0.1, 0.15) is 47.5 Å². The molecular formula is C10H22S. The molecule has 0 bridgehead atoms. The second-order valence-electron chi connectivity index (χ2n) is 4.51. The highest BCUT2D eigenvalue weighted by molar-refractivity contribution is 7.81. The molecule has 0 aliphatic rings. The van der Waals surface area contributed by atoms with E-state index in [4.69, 9.17) is 0 Å². The average molecular weight is 174 g/mol. The zero-order valence-electron chi connectivity index (χ0n) is 8.52. The van der Waals surface area contributed by atoms with Crippen LogP contribution in [0.15, 0.2) is 0 Å². The molecule has 0 aromatic heterocycles. The lowest BCUT2D eigenvalue weighted by Crippen LogP contribution is -2.25. The van der Waals surface area contributed by atoms with Crippen molar-refractivity contribution >= 4 is 12.6 Å². The van der Waals surface area contributed by atoms with E-state index >= 15 is 0 Å². The predicted molar refractivity (Wildman–Crippen MR) is 56.3 cm³/mol. The lowest BCUT2D eigenvalue weighted by molar-refractivity contribution is 0.274. The Balaban J connectivity index is 3.98. The van der Waals surface area contributed by atoms with Gasteiger partial charge in [0.2, 0.25) is 0 Å². The lowest BCUT2D eigenvalue weighted by atomic mass is 9.80. The first-order valence-electron chi connectivity index (χ1n) is 4.58. The Hall–Kier alpha value is 0.350. The zero-order chi connectivity index (χ0) is 9.07. The molecule has 0 saturated heterocycles. The van der Waals surface area contributed by atoms with E-state index in [9.17, 15) is 0 Å². The maximum atomic E-state index is 4.59. The number of hydrogen-bond donors (Lipinski definition) is 1. The van der Waals surface area contributed by atoms with E-state index in [2.05, 4.69) is 47.2 Å². The van der Waals surface area contributed by atoms with Crippen molar-refractivity contribution < 1.29 is 0 Å². The fourth-order valence-electron chi connectivity index (χ4n) is 1.74. The van der Waals surface area contributed by atoms with Gasteiger partial charge in [-0.15, -0.1) is 0 Å². The van der Waals surface area contributed by atoms with E-state index in [1.165, 1.54) is 12.8 Å². The Bertz CT molecular complexity index is 105. The summed E-state index contributed by atoms with van der Waals surface area (Å²) in [6, 6.07) is 0. The molecule has 0 radical (unpaired) electrons. The first kappa shape index (κ1) is 11.4. The van der Waals surface area contributed by atoms with Gasteiger partial charge in [0.05, 0.1) is 0 Å². The molecule has 1 heteroatoms. The number of rotatable bonds is 4. The van der Waals surface area contributed by atoms with Gasteiger partial charge in [-0.05, 0) is 24.2 Å². The van der Waals surface area contributed by atoms with Crippen molar-refractivity contribution in [1.82, 2.24) is 0 Å². The second-order valence-corrected chi connectivity index (χ2v) is 5.13. The molecule has 0 N–H and O–H groups in total. The third-order valence-corrected chi connectivity index (χ3v) is 3.29. The number of thiol groups is 1. The summed E-state index contributed by atoms with van der Waals surface area (Å²) in [5, 5.41) is 0.546. The standard InChI is InChI=1S/C10H22S/c1-6-9(11)10(4,5)7-8(2)3/h8-9,11H,6-7H2,1-5H3/t9-/m1/s1. The topological polar surface area (TPSA) is 0 Å². The molecule has 0 rings (SSSR count). The Morgan fingerprint density at radius 2 is 1.73 bits per heavy atom. The Morgan fingerprint density at radius 1 is 1.27 bits per heavy atom. The fraction of sp³-hybridized carbons (Fsp3) is 1.00. The first-order valence-corrected chi connectivity index (χ1v) is 5.10. The minimum Gasteiger partial charge on any atom is -0.175 e. The Kier molecular flexibility index (Phi) is 4.53. The summed E-state index contributed by atoms with van der Waals surface area (Å²) in [5.74, 6) is 0.784. The van der Waals surface area contributed by atoms with Crippen LogP contribution in [0.5, 0.6) is 0 Å². The molecule has 0 nitrogen and oxygen atoms in total. The van der Waals surface area contributed by atoms with Gasteiger partial charge in [-0.25, -0.2) is 0 Å². The van der Waals surface area contributed by atoms with Crippen molar-refractivity contribution in [2.24, 2.45) is 11.3 Å². The van der Waals surface area contributed by atoms with Crippen molar-refractivity contribution in [2.45, 2.75) is 52.7 Å². The molecular weight excluding hydrogens is 152 g/mol. The smallest absolute Gasteiger partial charge is 0.00654 e. The minimum absolute atomic E-state index is 0.395. The zero-order valence-corrected chi connectivity index (χ0v) is 9.41. The van der Waals surface area contributed by atoms with Crippen LogP contribution in [0.3, 0.4) is 0 Å². The second kappa shape index (κ2) is 4.39. The van der Waals surface area contributed by atoms with Crippen molar-refractivity contribution in [1.29, 1.82) is 0 Å². The van der Waals surface area contributed by atoms with Crippen LogP contribution in [0, 0.1) is 11.3 Å². The summed E-state index contributed by atoms with van der Waals surface area (Å²) < 4.78 is 0. The van der Waals surface area contributed by atoms with E-state index in [1.807, 2.05) is 0 Å². The quantitative estimate of drug-likeness (QED) is 0.616. The molecule has 1 atom stereocenters. The highest BCUT2D eigenvalue weighted by Gasteiger charge is 2.25. The largest absolute Gasteiger partial charge is 0.175 e. The van der Waals surface area contributed by atoms with Gasteiger partial charge in [0.1, 0.15) is 0 Å². The SMILES string of the molecule is CC[C@@H](S)C(C)(C)CC(C)C. The van der Waals surface area contributed by atoms with E-state index < -0.39 is 0 Å². The summed E-state index contributed by atoms with van der Waals surface area (Å²) in [6.45, 7) is 11.4. The highest BCUT2D eigenvalue weighted by atomic mass is 32.1. The molecule has 0 aromatic rings. The first-order chi connectivity index (χ1) is 4.90. The molecule has 68 valence electrons. The molecule has 0 spiro atoms. The van der Waals surface area contributed by atoms with E-state index in [1.54, 1.807) is 0 Å². The fourth-order valence-corrected chi connectivity index (χ4v) is 1.85. The third kappa shape index (κ3) is 4.05. The molecule has 0 amide bonds. The van der Waals surface area contributed by atoms with Gasteiger partial charge >= 0.3 is 0 Å². The van der Waals surface area contributed by atoms with Gasteiger partial charge in [0, 0.05) is 5.25 Å². The van der Waals surface area contributed by atoms with Crippen molar-refractivity contribution in [3.63, 3.8) is 0 Å². The van der Waals surface area contributed by atoms with Gasteiger partial charge in [0.25, 0.3) is 0 Å². The Morgan fingerprint density at radius 3 is 2.00 bits per heavy atom. The molecule has 11 heavy (non-hydrogen) atoms. The van der Waals surface area contributed by atoms with Gasteiger partial charge in [-0.2, -0.15) is 12.6 Å². The highest BCUT2D eigenvalue weighted by Crippen LogP contribution is 2.33. The molecule has 0 saturated carbocycles. The van der Waals surface area contributed by atoms with Crippen molar-refractivity contribution in [2.75, 3.05) is 0 Å². The van der Waals surface area contributed by atoms with Gasteiger partial charge < -0.3 is 0 Å². The third-order valence-electron chi connectivity index (χ3n) is 2.22. The molecule has 0 aliphatic heterocycles. The van der Waals surface area contributed by atoms with E-state index in [-0.39, 0.29) is 0 Å². The normalized spacial score (nSPS) is 15.5. The summed E-state index contributed by atoms with van der Waals surface area (Å²) in [6.07, 6.45) is 2.44.